The van der Waals surface area contributed by atoms with Gasteiger partial charge in [0.15, 0.2) is 5.78 Å². The monoisotopic (exact) mass is 371 g/mol. The number of carbonyl (C=O) groups excluding carboxylic acids is 2. The highest BCUT2D eigenvalue weighted by Crippen LogP contribution is 2.22. The summed E-state index contributed by atoms with van der Waals surface area (Å²) in [4.78, 5) is 38.4. The van der Waals surface area contributed by atoms with Crippen LogP contribution < -0.4 is 0 Å². The number of carbonyl (C=O) groups is 3. The number of carboxylic acid groups (broad SMARTS) is 1. The zero-order valence-electron chi connectivity index (χ0n) is 14.0. The van der Waals surface area contributed by atoms with Crippen LogP contribution in [0.1, 0.15) is 39.1 Å². The van der Waals surface area contributed by atoms with E-state index in [0.717, 1.165) is 0 Å². The van der Waals surface area contributed by atoms with Gasteiger partial charge >= 0.3 is 5.97 Å². The van der Waals surface area contributed by atoms with E-state index < -0.39 is 11.9 Å². The summed E-state index contributed by atoms with van der Waals surface area (Å²) in [5.74, 6) is -1.72. The lowest BCUT2D eigenvalue weighted by Crippen LogP contribution is -2.40. The van der Waals surface area contributed by atoms with Gasteiger partial charge in [0.1, 0.15) is 0 Å². The van der Waals surface area contributed by atoms with Crippen LogP contribution in [0.2, 0.25) is 5.02 Å². The first-order valence-corrected chi connectivity index (χ1v) is 8.76. The van der Waals surface area contributed by atoms with Crippen molar-refractivity contribution < 1.29 is 19.5 Å². The summed E-state index contributed by atoms with van der Waals surface area (Å²) < 4.78 is 0. The summed E-state index contributed by atoms with van der Waals surface area (Å²) in [6, 6.07) is 13.2. The third-order valence-corrected chi connectivity index (χ3v) is 4.89. The number of halogens is 1. The molecule has 0 spiro atoms. The van der Waals surface area contributed by atoms with Gasteiger partial charge in [-0.15, -0.1) is 0 Å². The number of amides is 1. The molecule has 5 nitrogen and oxygen atoms in total. The molecule has 2 aromatic rings. The summed E-state index contributed by atoms with van der Waals surface area (Å²) in [5, 5.41) is 9.62. The number of likely N-dealkylation sites (tertiary alicyclic amines) is 1. The topological polar surface area (TPSA) is 74.7 Å². The normalized spacial score (nSPS) is 14.9. The lowest BCUT2D eigenvalue weighted by Gasteiger charge is -2.30. The maximum Gasteiger partial charge on any atom is 0.306 e. The molecule has 26 heavy (non-hydrogen) atoms. The minimum absolute atomic E-state index is 0.244. The Morgan fingerprint density at radius 2 is 1.50 bits per heavy atom. The predicted molar refractivity (Wildman–Crippen MR) is 97.6 cm³/mol. The maximum atomic E-state index is 12.9. The van der Waals surface area contributed by atoms with Crippen molar-refractivity contribution in [2.45, 2.75) is 12.8 Å². The highest BCUT2D eigenvalue weighted by Gasteiger charge is 2.29. The number of carboxylic acids is 1. The predicted octanol–water partition coefficient (Wildman–Crippen LogP) is 3.51. The van der Waals surface area contributed by atoms with E-state index in [1.165, 1.54) is 0 Å². The summed E-state index contributed by atoms with van der Waals surface area (Å²) >= 11 is 5.87. The highest BCUT2D eigenvalue weighted by atomic mass is 35.5. The molecule has 1 N–H and O–H groups in total. The van der Waals surface area contributed by atoms with E-state index in [1.54, 1.807) is 53.4 Å². The Balaban J connectivity index is 1.83. The Bertz CT molecular complexity index is 839. The molecule has 0 aromatic heterocycles. The molecule has 1 fully saturated rings. The number of ketones is 1. The summed E-state index contributed by atoms with van der Waals surface area (Å²) in [7, 11) is 0. The molecule has 1 aliphatic heterocycles. The minimum atomic E-state index is -0.824. The van der Waals surface area contributed by atoms with Gasteiger partial charge in [-0.3, -0.25) is 14.4 Å². The van der Waals surface area contributed by atoms with Crippen molar-refractivity contribution >= 4 is 29.3 Å². The fraction of sp³-hybridized carbons (Fsp3) is 0.250. The number of hydrogen-bond acceptors (Lipinski definition) is 3. The average Bonchev–Trinajstić information content (AvgIpc) is 2.67. The summed E-state index contributed by atoms with van der Waals surface area (Å²) in [5.41, 5.74) is 1.13. The quantitative estimate of drug-likeness (QED) is 0.834. The largest absolute Gasteiger partial charge is 0.481 e. The standard InChI is InChI=1S/C20H18ClNO4/c21-15-7-5-13(6-8-15)18(23)16-3-1-2-4-17(16)19(24)22-11-9-14(10-12-22)20(25)26/h1-8,14H,9-12H2,(H,25,26). The molecule has 0 bridgehead atoms. The van der Waals surface area contributed by atoms with Gasteiger partial charge in [-0.1, -0.05) is 29.8 Å². The molecule has 1 amide bonds. The second kappa shape index (κ2) is 7.70. The SMILES string of the molecule is O=C(c1ccc(Cl)cc1)c1ccccc1C(=O)N1CCC(C(=O)O)CC1. The van der Waals surface area contributed by atoms with Gasteiger partial charge in [0.25, 0.3) is 5.91 Å². The molecular weight excluding hydrogens is 354 g/mol. The van der Waals surface area contributed by atoms with Gasteiger partial charge in [0.2, 0.25) is 0 Å². The number of rotatable bonds is 4. The van der Waals surface area contributed by atoms with Crippen LogP contribution in [-0.4, -0.2) is 40.8 Å². The van der Waals surface area contributed by atoms with E-state index in [2.05, 4.69) is 0 Å². The van der Waals surface area contributed by atoms with Gasteiger partial charge in [0.05, 0.1) is 11.5 Å². The van der Waals surface area contributed by atoms with Crippen molar-refractivity contribution in [3.63, 3.8) is 0 Å². The number of benzene rings is 2. The third-order valence-electron chi connectivity index (χ3n) is 4.64. The summed E-state index contributed by atoms with van der Waals surface area (Å²) in [6.45, 7) is 0.749. The van der Waals surface area contributed by atoms with Crippen LogP contribution in [0.4, 0.5) is 0 Å². The second-order valence-electron chi connectivity index (χ2n) is 6.29. The van der Waals surface area contributed by atoms with Crippen molar-refractivity contribution in [2.24, 2.45) is 5.92 Å². The molecule has 0 atom stereocenters. The minimum Gasteiger partial charge on any atom is -0.481 e. The van der Waals surface area contributed by atoms with Crippen LogP contribution in [0.5, 0.6) is 0 Å². The Morgan fingerprint density at radius 3 is 2.08 bits per heavy atom. The highest BCUT2D eigenvalue weighted by molar-refractivity contribution is 6.30. The van der Waals surface area contributed by atoms with E-state index in [1.807, 2.05) is 0 Å². The van der Waals surface area contributed by atoms with Crippen molar-refractivity contribution in [1.82, 2.24) is 4.90 Å². The first-order chi connectivity index (χ1) is 12.5. The maximum absolute atomic E-state index is 12.9. The van der Waals surface area contributed by atoms with Crippen LogP contribution >= 0.6 is 11.6 Å². The van der Waals surface area contributed by atoms with E-state index in [4.69, 9.17) is 16.7 Å². The van der Waals surface area contributed by atoms with E-state index >= 15 is 0 Å². The molecule has 0 aliphatic carbocycles. The summed E-state index contributed by atoms with van der Waals surface area (Å²) in [6.07, 6.45) is 0.850. The van der Waals surface area contributed by atoms with Crippen molar-refractivity contribution in [3.05, 3.63) is 70.2 Å². The molecule has 3 rings (SSSR count). The van der Waals surface area contributed by atoms with Gasteiger partial charge in [-0.2, -0.15) is 0 Å². The Morgan fingerprint density at radius 1 is 0.923 bits per heavy atom. The lowest BCUT2D eigenvalue weighted by atomic mass is 9.94. The zero-order valence-corrected chi connectivity index (χ0v) is 14.8. The Kier molecular flexibility index (Phi) is 5.38. The van der Waals surface area contributed by atoms with Gasteiger partial charge in [0, 0.05) is 29.2 Å². The Hall–Kier alpha value is -2.66. The molecule has 2 aromatic carbocycles. The van der Waals surface area contributed by atoms with E-state index in [9.17, 15) is 14.4 Å². The molecule has 134 valence electrons. The smallest absolute Gasteiger partial charge is 0.306 e. The number of piperidine rings is 1. The van der Waals surface area contributed by atoms with Crippen molar-refractivity contribution in [2.75, 3.05) is 13.1 Å². The van der Waals surface area contributed by atoms with Gasteiger partial charge < -0.3 is 10.0 Å². The average molecular weight is 372 g/mol. The third kappa shape index (κ3) is 3.78. The number of hydrogen-bond donors (Lipinski definition) is 1. The van der Waals surface area contributed by atoms with Crippen LogP contribution in [0, 0.1) is 5.92 Å². The molecule has 1 aliphatic rings. The first kappa shape index (κ1) is 18.1. The fourth-order valence-corrected chi connectivity index (χ4v) is 3.25. The molecule has 1 heterocycles. The molecule has 0 radical (unpaired) electrons. The lowest BCUT2D eigenvalue weighted by molar-refractivity contribution is -0.143. The molecule has 0 saturated carbocycles. The first-order valence-electron chi connectivity index (χ1n) is 8.38. The fourth-order valence-electron chi connectivity index (χ4n) is 3.12. The second-order valence-corrected chi connectivity index (χ2v) is 6.72. The van der Waals surface area contributed by atoms with Crippen LogP contribution in [-0.2, 0) is 4.79 Å². The molecule has 6 heteroatoms. The van der Waals surface area contributed by atoms with Crippen LogP contribution in [0.25, 0.3) is 0 Å². The van der Waals surface area contributed by atoms with E-state index in [0.29, 0.717) is 47.6 Å². The molecular formula is C20H18ClNO4. The molecule has 1 saturated heterocycles. The van der Waals surface area contributed by atoms with Crippen LogP contribution in [0.3, 0.4) is 0 Å². The molecule has 0 unspecified atom stereocenters. The zero-order chi connectivity index (χ0) is 18.7. The number of nitrogens with zero attached hydrogens (tertiary/aromatic N) is 1. The van der Waals surface area contributed by atoms with Crippen molar-refractivity contribution in [3.8, 4) is 0 Å². The van der Waals surface area contributed by atoms with E-state index in [-0.39, 0.29) is 11.7 Å². The number of aliphatic carboxylic acids is 1. The van der Waals surface area contributed by atoms with Gasteiger partial charge in [-0.25, -0.2) is 0 Å². The Labute approximate surface area is 156 Å². The van der Waals surface area contributed by atoms with Crippen LogP contribution in [0.15, 0.2) is 48.5 Å². The van der Waals surface area contributed by atoms with Gasteiger partial charge in [-0.05, 0) is 43.2 Å². The van der Waals surface area contributed by atoms with Crippen molar-refractivity contribution in [1.29, 1.82) is 0 Å².